The van der Waals surface area contributed by atoms with Crippen molar-refractivity contribution in [3.63, 3.8) is 0 Å². The number of aromatic nitrogens is 2. The van der Waals surface area contributed by atoms with Gasteiger partial charge in [0.2, 0.25) is 0 Å². The molecular formula is C23H21N3O3. The van der Waals surface area contributed by atoms with Gasteiger partial charge in [-0.2, -0.15) is 0 Å². The Morgan fingerprint density at radius 1 is 1.10 bits per heavy atom. The van der Waals surface area contributed by atoms with E-state index in [4.69, 9.17) is 9.47 Å². The lowest BCUT2D eigenvalue weighted by Crippen LogP contribution is -2.13. The van der Waals surface area contributed by atoms with Crippen molar-refractivity contribution in [2.45, 2.75) is 13.0 Å². The number of nitrogens with zero attached hydrogens (tertiary/aromatic N) is 1. The summed E-state index contributed by atoms with van der Waals surface area (Å²) < 4.78 is 10.9. The molecule has 6 nitrogen and oxygen atoms in total. The summed E-state index contributed by atoms with van der Waals surface area (Å²) in [6.07, 6.45) is 2.72. The van der Waals surface area contributed by atoms with Crippen LogP contribution in [0, 0.1) is 0 Å². The molecule has 0 spiro atoms. The van der Waals surface area contributed by atoms with Crippen LogP contribution in [0.5, 0.6) is 5.75 Å². The van der Waals surface area contributed by atoms with Crippen LogP contribution in [0.3, 0.4) is 0 Å². The number of fused-ring (bicyclic) bond motifs is 5. The van der Waals surface area contributed by atoms with Gasteiger partial charge in [0.1, 0.15) is 5.75 Å². The van der Waals surface area contributed by atoms with Crippen molar-refractivity contribution in [3.05, 3.63) is 59.9 Å². The predicted molar refractivity (Wildman–Crippen MR) is 112 cm³/mol. The maximum absolute atomic E-state index is 12.2. The lowest BCUT2D eigenvalue weighted by Gasteiger charge is -2.09. The van der Waals surface area contributed by atoms with E-state index in [2.05, 4.69) is 21.4 Å². The molecule has 0 saturated heterocycles. The van der Waals surface area contributed by atoms with Crippen molar-refractivity contribution in [1.29, 1.82) is 0 Å². The SMILES string of the molecule is COCCCOc1cccc(-c2cc3c(ccc4c5c([nH]c43)CNC5=O)cn2)c1. The summed E-state index contributed by atoms with van der Waals surface area (Å²) in [5.74, 6) is 0.799. The molecule has 2 N–H and O–H groups in total. The second-order valence-electron chi connectivity index (χ2n) is 7.16. The Hall–Kier alpha value is -3.38. The molecule has 6 heteroatoms. The molecule has 1 amide bonds. The van der Waals surface area contributed by atoms with E-state index in [0.29, 0.717) is 19.8 Å². The van der Waals surface area contributed by atoms with E-state index in [-0.39, 0.29) is 5.91 Å². The minimum atomic E-state index is -0.0156. The standard InChI is InChI=1S/C23H21N3O3/c1-28-8-3-9-29-16-5-2-4-14(10-16)19-11-18-15(12-24-19)6-7-17-21-20(26-22(17)18)13-25-23(21)27/h2,4-7,10-12,26H,3,8-9,13H2,1H3,(H,25,27). The Labute approximate surface area is 167 Å². The van der Waals surface area contributed by atoms with Gasteiger partial charge < -0.3 is 19.8 Å². The summed E-state index contributed by atoms with van der Waals surface area (Å²) in [7, 11) is 1.69. The zero-order chi connectivity index (χ0) is 19.8. The van der Waals surface area contributed by atoms with Crippen LogP contribution in [0.2, 0.25) is 0 Å². The third-order valence-electron chi connectivity index (χ3n) is 5.29. The molecule has 29 heavy (non-hydrogen) atoms. The number of H-pyrrole nitrogens is 1. The first-order valence-corrected chi connectivity index (χ1v) is 9.68. The van der Waals surface area contributed by atoms with Crippen molar-refractivity contribution in [2.75, 3.05) is 20.3 Å². The van der Waals surface area contributed by atoms with Crippen molar-refractivity contribution in [2.24, 2.45) is 0 Å². The first-order chi connectivity index (χ1) is 14.2. The zero-order valence-electron chi connectivity index (χ0n) is 16.1. The molecule has 4 aromatic rings. The van der Waals surface area contributed by atoms with Gasteiger partial charge >= 0.3 is 0 Å². The first-order valence-electron chi connectivity index (χ1n) is 9.68. The summed E-state index contributed by atoms with van der Waals surface area (Å²) in [5.41, 5.74) is 4.54. The number of rotatable bonds is 6. The Balaban J connectivity index is 1.54. The number of aromatic amines is 1. The number of carbonyl (C=O) groups is 1. The quantitative estimate of drug-likeness (QED) is 0.490. The number of amides is 1. The van der Waals surface area contributed by atoms with Crippen LogP contribution in [-0.4, -0.2) is 36.2 Å². The third-order valence-corrected chi connectivity index (χ3v) is 5.29. The average Bonchev–Trinajstić information content (AvgIpc) is 3.31. The van der Waals surface area contributed by atoms with Gasteiger partial charge in [-0.1, -0.05) is 24.3 Å². The molecule has 1 aliphatic heterocycles. The highest BCUT2D eigenvalue weighted by Gasteiger charge is 2.24. The summed E-state index contributed by atoms with van der Waals surface area (Å²) in [4.78, 5) is 20.2. The van der Waals surface area contributed by atoms with Crippen LogP contribution >= 0.6 is 0 Å². The van der Waals surface area contributed by atoms with Crippen LogP contribution in [0.25, 0.3) is 32.9 Å². The second-order valence-corrected chi connectivity index (χ2v) is 7.16. The molecule has 0 unspecified atom stereocenters. The molecule has 0 atom stereocenters. The molecule has 3 heterocycles. The number of carbonyl (C=O) groups excluding carboxylic acids is 1. The van der Waals surface area contributed by atoms with Gasteiger partial charge in [-0.15, -0.1) is 0 Å². The largest absolute Gasteiger partial charge is 0.493 e. The number of pyridine rings is 1. The lowest BCUT2D eigenvalue weighted by molar-refractivity contribution is 0.0967. The molecule has 2 aromatic heterocycles. The van der Waals surface area contributed by atoms with Gasteiger partial charge in [-0.3, -0.25) is 9.78 Å². The number of hydrogen-bond donors (Lipinski definition) is 2. The van der Waals surface area contributed by atoms with Crippen LogP contribution in [-0.2, 0) is 11.3 Å². The van der Waals surface area contributed by atoms with E-state index in [1.165, 1.54) is 0 Å². The molecule has 5 rings (SSSR count). The van der Waals surface area contributed by atoms with Gasteiger partial charge in [0.05, 0.1) is 29.9 Å². The minimum absolute atomic E-state index is 0.0156. The van der Waals surface area contributed by atoms with Gasteiger partial charge in [-0.25, -0.2) is 0 Å². The Bertz CT molecular complexity index is 1230. The maximum Gasteiger partial charge on any atom is 0.254 e. The molecule has 0 bridgehead atoms. The number of ether oxygens (including phenoxy) is 2. The monoisotopic (exact) mass is 387 g/mol. The van der Waals surface area contributed by atoms with Gasteiger partial charge in [0.25, 0.3) is 5.91 Å². The normalized spacial score (nSPS) is 13.1. The summed E-state index contributed by atoms with van der Waals surface area (Å²) in [6, 6.07) is 14.0. The Morgan fingerprint density at radius 2 is 2.03 bits per heavy atom. The number of benzene rings is 2. The van der Waals surface area contributed by atoms with Crippen LogP contribution in [0.4, 0.5) is 0 Å². The third kappa shape index (κ3) is 3.11. The van der Waals surface area contributed by atoms with Crippen molar-refractivity contribution in [3.8, 4) is 17.0 Å². The topological polar surface area (TPSA) is 76.2 Å². The average molecular weight is 387 g/mol. The van der Waals surface area contributed by atoms with Gasteiger partial charge in [-0.05, 0) is 18.2 Å². The van der Waals surface area contributed by atoms with E-state index >= 15 is 0 Å². The Morgan fingerprint density at radius 3 is 2.93 bits per heavy atom. The van der Waals surface area contributed by atoms with Crippen LogP contribution in [0.1, 0.15) is 22.5 Å². The fraction of sp³-hybridized carbons (Fsp3) is 0.217. The predicted octanol–water partition coefficient (Wildman–Crippen LogP) is 4.04. The number of hydrogen-bond acceptors (Lipinski definition) is 4. The number of methoxy groups -OCH3 is 1. The molecular weight excluding hydrogens is 366 g/mol. The van der Waals surface area contributed by atoms with Crippen molar-refractivity contribution < 1.29 is 14.3 Å². The molecule has 0 saturated carbocycles. The highest BCUT2D eigenvalue weighted by molar-refractivity contribution is 6.16. The molecule has 146 valence electrons. The zero-order valence-corrected chi connectivity index (χ0v) is 16.1. The smallest absolute Gasteiger partial charge is 0.254 e. The fourth-order valence-corrected chi connectivity index (χ4v) is 3.88. The van der Waals surface area contributed by atoms with Gasteiger partial charge in [0.15, 0.2) is 0 Å². The van der Waals surface area contributed by atoms with Crippen LogP contribution in [0.15, 0.2) is 48.7 Å². The van der Waals surface area contributed by atoms with Crippen molar-refractivity contribution >= 4 is 27.6 Å². The molecule has 0 aliphatic carbocycles. The fourth-order valence-electron chi connectivity index (χ4n) is 3.88. The van der Waals surface area contributed by atoms with E-state index < -0.39 is 0 Å². The van der Waals surface area contributed by atoms with Crippen LogP contribution < -0.4 is 10.1 Å². The van der Waals surface area contributed by atoms with Gasteiger partial charge in [0, 0.05) is 53.8 Å². The van der Waals surface area contributed by atoms with Crippen molar-refractivity contribution in [1.82, 2.24) is 15.3 Å². The molecule has 2 aromatic carbocycles. The molecule has 1 aliphatic rings. The second kappa shape index (κ2) is 7.22. The van der Waals surface area contributed by atoms with E-state index in [1.54, 1.807) is 7.11 Å². The summed E-state index contributed by atoms with van der Waals surface area (Å²) >= 11 is 0. The highest BCUT2D eigenvalue weighted by atomic mass is 16.5. The first kappa shape index (κ1) is 17.7. The minimum Gasteiger partial charge on any atom is -0.493 e. The number of nitrogens with one attached hydrogen (secondary N) is 2. The van der Waals surface area contributed by atoms with E-state index in [1.807, 2.05) is 42.6 Å². The lowest BCUT2D eigenvalue weighted by atomic mass is 10.0. The Kier molecular flexibility index (Phi) is 4.41. The summed E-state index contributed by atoms with van der Waals surface area (Å²) in [5, 5.41) is 5.91. The summed E-state index contributed by atoms with van der Waals surface area (Å²) in [6.45, 7) is 1.84. The van der Waals surface area contributed by atoms with E-state index in [9.17, 15) is 4.79 Å². The molecule has 0 fully saturated rings. The molecule has 0 radical (unpaired) electrons. The van der Waals surface area contributed by atoms with E-state index in [0.717, 1.165) is 56.4 Å². The maximum atomic E-state index is 12.2. The highest BCUT2D eigenvalue weighted by Crippen LogP contribution is 2.33.